The molecule has 0 rings (SSSR count). The van der Waals surface area contributed by atoms with Crippen LogP contribution in [0.2, 0.25) is 0 Å². The minimum atomic E-state index is 0.0300. The Balaban J connectivity index is 4.39. The number of hydrogen-bond acceptors (Lipinski definition) is 2. The molecule has 2 heteroatoms. The van der Waals surface area contributed by atoms with Crippen LogP contribution in [0.25, 0.3) is 0 Å². The number of nitriles is 1. The van der Waals surface area contributed by atoms with Gasteiger partial charge in [0.25, 0.3) is 0 Å². The van der Waals surface area contributed by atoms with Gasteiger partial charge >= 0.3 is 0 Å². The fourth-order valence-corrected chi connectivity index (χ4v) is 0.592. The zero-order valence-corrected chi connectivity index (χ0v) is 6.02. The molecule has 0 aliphatic carbocycles. The molecule has 0 aliphatic heterocycles. The molecule has 0 radical (unpaired) electrons. The first-order chi connectivity index (χ1) is 4.76. The lowest BCUT2D eigenvalue weighted by atomic mass is 10.1. The Hall–Kier alpha value is -1.36. The van der Waals surface area contributed by atoms with Crippen LogP contribution in [-0.2, 0) is 0 Å². The fourth-order valence-electron chi connectivity index (χ4n) is 0.592. The Bertz CT molecular complexity index is 206. The van der Waals surface area contributed by atoms with Gasteiger partial charge in [-0.1, -0.05) is 25.7 Å². The van der Waals surface area contributed by atoms with E-state index in [0.29, 0.717) is 6.42 Å². The molecule has 2 nitrogen and oxygen atoms in total. The van der Waals surface area contributed by atoms with Crippen molar-refractivity contribution in [1.82, 2.24) is 0 Å². The molecule has 0 aromatic heterocycles. The highest BCUT2D eigenvalue weighted by molar-refractivity contribution is 6.09. The van der Waals surface area contributed by atoms with E-state index >= 15 is 0 Å². The summed E-state index contributed by atoms with van der Waals surface area (Å²) < 4.78 is 0. The average Bonchev–Trinajstić information content (AvgIpc) is 1.99. The minimum Gasteiger partial charge on any atom is -0.290 e. The molecular formula is C8H10N2. The van der Waals surface area contributed by atoms with E-state index in [2.05, 4.69) is 6.58 Å². The van der Waals surface area contributed by atoms with Gasteiger partial charge in [-0.2, -0.15) is 5.26 Å². The second kappa shape index (κ2) is 4.51. The van der Waals surface area contributed by atoms with E-state index in [1.807, 2.05) is 6.92 Å². The van der Waals surface area contributed by atoms with Crippen molar-refractivity contribution >= 4 is 5.71 Å². The van der Waals surface area contributed by atoms with E-state index in [0.717, 1.165) is 5.57 Å². The van der Waals surface area contributed by atoms with Gasteiger partial charge in [0.1, 0.15) is 11.8 Å². The third kappa shape index (κ3) is 2.27. The first-order valence-corrected chi connectivity index (χ1v) is 3.06. The molecule has 0 aromatic rings. The third-order valence-electron chi connectivity index (χ3n) is 1.13. The molecule has 0 saturated carbocycles. The van der Waals surface area contributed by atoms with Crippen molar-refractivity contribution in [3.05, 3.63) is 24.3 Å². The van der Waals surface area contributed by atoms with Crippen LogP contribution in [0.1, 0.15) is 13.3 Å². The normalized spacial score (nSPS) is 10.2. The van der Waals surface area contributed by atoms with Gasteiger partial charge in [-0.05, 0) is 12.0 Å². The highest BCUT2D eigenvalue weighted by Crippen LogP contribution is 2.01. The molecule has 1 N–H and O–H groups in total. The van der Waals surface area contributed by atoms with Crippen molar-refractivity contribution < 1.29 is 0 Å². The molecule has 0 unspecified atom stereocenters. The Morgan fingerprint density at radius 2 is 2.40 bits per heavy atom. The lowest BCUT2D eigenvalue weighted by Crippen LogP contribution is -1.95. The molecule has 0 heterocycles. The van der Waals surface area contributed by atoms with Crippen molar-refractivity contribution in [3.63, 3.8) is 0 Å². The van der Waals surface area contributed by atoms with E-state index in [1.54, 1.807) is 18.2 Å². The second-order valence-electron chi connectivity index (χ2n) is 1.77. The lowest BCUT2D eigenvalue weighted by molar-refractivity contribution is 1.16. The first-order valence-electron chi connectivity index (χ1n) is 3.06. The Labute approximate surface area is 61.0 Å². The van der Waals surface area contributed by atoms with E-state index in [1.165, 1.54) is 0 Å². The van der Waals surface area contributed by atoms with Crippen LogP contribution < -0.4 is 0 Å². The molecule has 0 fully saturated rings. The van der Waals surface area contributed by atoms with Crippen LogP contribution in [0, 0.1) is 16.7 Å². The van der Waals surface area contributed by atoms with Crippen LogP contribution in [0.15, 0.2) is 24.3 Å². The maximum Gasteiger partial charge on any atom is 0.135 e. The van der Waals surface area contributed by atoms with Gasteiger partial charge in [0, 0.05) is 0 Å². The van der Waals surface area contributed by atoms with Gasteiger partial charge in [-0.15, -0.1) is 0 Å². The van der Waals surface area contributed by atoms with Crippen molar-refractivity contribution in [2.45, 2.75) is 13.3 Å². The van der Waals surface area contributed by atoms with Crippen LogP contribution in [-0.4, -0.2) is 5.71 Å². The summed E-state index contributed by atoms with van der Waals surface area (Å²) in [5, 5.41) is 15.4. The smallest absolute Gasteiger partial charge is 0.135 e. The zero-order valence-electron chi connectivity index (χ0n) is 6.02. The maximum absolute atomic E-state index is 8.31. The van der Waals surface area contributed by atoms with Crippen molar-refractivity contribution in [3.8, 4) is 6.07 Å². The molecule has 0 saturated heterocycles. The molecule has 0 aliphatic rings. The molecule has 0 spiro atoms. The highest BCUT2D eigenvalue weighted by atomic mass is 14.4. The number of nitrogens with zero attached hydrogens (tertiary/aromatic N) is 1. The predicted octanol–water partition coefficient (Wildman–Crippen LogP) is 2.05. The standard InChI is InChI=1S/C8H10N2/c1-3-5-7(4-2)8(10)6-9/h3,5,10H,1,4H2,2H3/b7-5+,10-8?. The number of hydrogen-bond donors (Lipinski definition) is 1. The molecule has 0 atom stereocenters. The monoisotopic (exact) mass is 134 g/mol. The third-order valence-corrected chi connectivity index (χ3v) is 1.13. The van der Waals surface area contributed by atoms with Crippen molar-refractivity contribution in [1.29, 1.82) is 10.7 Å². The number of allylic oxidation sites excluding steroid dienone is 3. The molecule has 10 heavy (non-hydrogen) atoms. The van der Waals surface area contributed by atoms with E-state index in [9.17, 15) is 0 Å². The first kappa shape index (κ1) is 8.64. The fraction of sp³-hybridized carbons (Fsp3) is 0.250. The lowest BCUT2D eigenvalue weighted by Gasteiger charge is -1.94. The Kier molecular flexibility index (Phi) is 3.90. The van der Waals surface area contributed by atoms with Crippen LogP contribution >= 0.6 is 0 Å². The number of nitrogens with one attached hydrogen (secondary N) is 1. The zero-order chi connectivity index (χ0) is 7.98. The van der Waals surface area contributed by atoms with Gasteiger partial charge in [-0.3, -0.25) is 5.41 Å². The van der Waals surface area contributed by atoms with Crippen molar-refractivity contribution in [2.24, 2.45) is 0 Å². The van der Waals surface area contributed by atoms with Gasteiger partial charge in [0.15, 0.2) is 0 Å². The highest BCUT2D eigenvalue weighted by Gasteiger charge is 1.97. The SMILES string of the molecule is C=C/C=C(\CC)C(=N)C#N. The van der Waals surface area contributed by atoms with E-state index in [4.69, 9.17) is 10.7 Å². The van der Waals surface area contributed by atoms with Gasteiger partial charge in [-0.25, -0.2) is 0 Å². The molecule has 52 valence electrons. The van der Waals surface area contributed by atoms with Crippen LogP contribution in [0.5, 0.6) is 0 Å². The molecule has 0 aromatic carbocycles. The average molecular weight is 134 g/mol. The largest absolute Gasteiger partial charge is 0.290 e. The van der Waals surface area contributed by atoms with Crippen LogP contribution in [0.4, 0.5) is 0 Å². The van der Waals surface area contributed by atoms with Gasteiger partial charge < -0.3 is 0 Å². The van der Waals surface area contributed by atoms with Crippen LogP contribution in [0.3, 0.4) is 0 Å². The summed E-state index contributed by atoms with van der Waals surface area (Å²) in [6.45, 7) is 5.39. The van der Waals surface area contributed by atoms with E-state index in [-0.39, 0.29) is 5.71 Å². The molecule has 0 bridgehead atoms. The summed E-state index contributed by atoms with van der Waals surface area (Å²) in [4.78, 5) is 0. The minimum absolute atomic E-state index is 0.0300. The summed E-state index contributed by atoms with van der Waals surface area (Å²) in [6, 6.07) is 1.77. The van der Waals surface area contributed by atoms with Gasteiger partial charge in [0.05, 0.1) is 0 Å². The van der Waals surface area contributed by atoms with E-state index < -0.39 is 0 Å². The maximum atomic E-state index is 8.31. The topological polar surface area (TPSA) is 47.6 Å². The second-order valence-corrected chi connectivity index (χ2v) is 1.77. The Morgan fingerprint density at radius 3 is 2.70 bits per heavy atom. The van der Waals surface area contributed by atoms with Gasteiger partial charge in [0.2, 0.25) is 0 Å². The molecule has 0 amide bonds. The number of rotatable bonds is 3. The summed E-state index contributed by atoms with van der Waals surface area (Å²) in [5.74, 6) is 0. The quantitative estimate of drug-likeness (QED) is 0.466. The predicted molar refractivity (Wildman–Crippen MR) is 41.9 cm³/mol. The van der Waals surface area contributed by atoms with Crippen molar-refractivity contribution in [2.75, 3.05) is 0 Å². The summed E-state index contributed by atoms with van der Waals surface area (Å²) >= 11 is 0. The summed E-state index contributed by atoms with van der Waals surface area (Å²) in [5.41, 5.74) is 0.764. The summed E-state index contributed by atoms with van der Waals surface area (Å²) in [7, 11) is 0. The molecular weight excluding hydrogens is 124 g/mol. The summed E-state index contributed by atoms with van der Waals surface area (Å²) in [6.07, 6.45) is 3.98. The Morgan fingerprint density at radius 1 is 1.80 bits per heavy atom.